The van der Waals surface area contributed by atoms with Gasteiger partial charge in [0.1, 0.15) is 11.4 Å². The fraction of sp³-hybridized carbons (Fsp3) is 0.350. The summed E-state index contributed by atoms with van der Waals surface area (Å²) in [5.74, 6) is -0.0198. The summed E-state index contributed by atoms with van der Waals surface area (Å²) in [5, 5.41) is 2.94. The van der Waals surface area contributed by atoms with Crippen molar-refractivity contribution in [3.8, 4) is 0 Å². The monoisotopic (exact) mass is 384 g/mol. The molecule has 1 aromatic carbocycles. The van der Waals surface area contributed by atoms with E-state index < -0.39 is 0 Å². The van der Waals surface area contributed by atoms with Crippen LogP contribution in [0.5, 0.6) is 0 Å². The first kappa shape index (κ1) is 18.0. The number of thioether (sulfide) groups is 1. The van der Waals surface area contributed by atoms with Gasteiger partial charge in [0.15, 0.2) is 0 Å². The number of amides is 2. The molecule has 3 heterocycles. The summed E-state index contributed by atoms with van der Waals surface area (Å²) in [6, 6.07) is 5.74. The highest BCUT2D eigenvalue weighted by Gasteiger charge is 2.25. The zero-order chi connectivity index (χ0) is 18.8. The number of carbonyl (C=O) groups is 3. The van der Waals surface area contributed by atoms with Crippen LogP contribution in [0.3, 0.4) is 0 Å². The van der Waals surface area contributed by atoms with E-state index in [4.69, 9.17) is 4.42 Å². The molecule has 0 atom stereocenters. The Labute approximate surface area is 161 Å². The van der Waals surface area contributed by atoms with Gasteiger partial charge in [-0.3, -0.25) is 24.6 Å². The van der Waals surface area contributed by atoms with E-state index in [9.17, 15) is 14.4 Å². The second-order valence-electron chi connectivity index (χ2n) is 6.89. The van der Waals surface area contributed by atoms with Gasteiger partial charge in [-0.05, 0) is 73.4 Å². The van der Waals surface area contributed by atoms with E-state index in [1.165, 1.54) is 0 Å². The van der Waals surface area contributed by atoms with Crippen LogP contribution in [0.15, 0.2) is 33.8 Å². The van der Waals surface area contributed by atoms with Gasteiger partial charge in [-0.25, -0.2) is 0 Å². The molecule has 7 heteroatoms. The number of fused-ring (bicyclic) bond motifs is 1. The average Bonchev–Trinajstić information content (AvgIpc) is 3.18. The van der Waals surface area contributed by atoms with Gasteiger partial charge in [-0.2, -0.15) is 0 Å². The normalized spacial score (nSPS) is 20.0. The van der Waals surface area contributed by atoms with E-state index >= 15 is 0 Å². The van der Waals surface area contributed by atoms with Crippen molar-refractivity contribution in [3.63, 3.8) is 0 Å². The molecule has 1 N–H and O–H groups in total. The van der Waals surface area contributed by atoms with Gasteiger partial charge in [0.25, 0.3) is 11.1 Å². The quantitative estimate of drug-likeness (QED) is 0.797. The number of nitrogens with zero attached hydrogens (tertiary/aromatic N) is 1. The second kappa shape index (κ2) is 7.70. The molecular weight excluding hydrogens is 364 g/mol. The van der Waals surface area contributed by atoms with E-state index in [0.29, 0.717) is 23.7 Å². The Balaban J connectivity index is 1.46. The van der Waals surface area contributed by atoms with Gasteiger partial charge in [-0.1, -0.05) is 6.07 Å². The Morgan fingerprint density at radius 2 is 2.15 bits per heavy atom. The summed E-state index contributed by atoms with van der Waals surface area (Å²) in [4.78, 5) is 37.2. The highest BCUT2D eigenvalue weighted by molar-refractivity contribution is 8.18. The second-order valence-corrected chi connectivity index (χ2v) is 7.91. The van der Waals surface area contributed by atoms with E-state index in [-0.39, 0.29) is 11.1 Å². The van der Waals surface area contributed by atoms with Crippen LogP contribution in [-0.2, 0) is 16.0 Å². The molecule has 2 aromatic rings. The molecule has 0 radical (unpaired) electrons. The first-order valence-electron chi connectivity index (χ1n) is 9.07. The highest BCUT2D eigenvalue weighted by Crippen LogP contribution is 2.28. The molecule has 0 saturated carbocycles. The summed E-state index contributed by atoms with van der Waals surface area (Å²) in [5.41, 5.74) is 2.78. The third-order valence-electron chi connectivity index (χ3n) is 4.87. The fourth-order valence-corrected chi connectivity index (χ4v) is 4.23. The molecular formula is C20H20N2O4S. The first-order valence-corrected chi connectivity index (χ1v) is 9.89. The maximum absolute atomic E-state index is 11.7. The lowest BCUT2D eigenvalue weighted by atomic mass is 10.0. The number of benzene rings is 1. The predicted octanol–water partition coefficient (Wildman–Crippen LogP) is 3.35. The lowest BCUT2D eigenvalue weighted by molar-refractivity contribution is -0.122. The SMILES string of the molecule is O=C1CCCN(CCCc2coc3ccc(C=C4SC(=O)NC4=O)cc23)C1. The fourth-order valence-electron chi connectivity index (χ4n) is 3.55. The lowest BCUT2D eigenvalue weighted by Crippen LogP contribution is -2.36. The van der Waals surface area contributed by atoms with Crippen molar-refractivity contribution in [1.82, 2.24) is 10.2 Å². The summed E-state index contributed by atoms with van der Waals surface area (Å²) in [6.07, 6.45) is 7.00. The Morgan fingerprint density at radius 1 is 1.26 bits per heavy atom. The molecule has 2 aliphatic heterocycles. The number of Topliss-reactive ketones (excluding diaryl/α,β-unsaturated/α-hetero) is 1. The van der Waals surface area contributed by atoms with E-state index in [1.807, 2.05) is 18.2 Å². The smallest absolute Gasteiger partial charge is 0.290 e. The Bertz CT molecular complexity index is 947. The van der Waals surface area contributed by atoms with Crippen LogP contribution in [0.1, 0.15) is 30.4 Å². The Hall–Kier alpha value is -2.38. The van der Waals surface area contributed by atoms with Gasteiger partial charge in [0, 0.05) is 11.8 Å². The molecule has 0 unspecified atom stereocenters. The van der Waals surface area contributed by atoms with Gasteiger partial charge < -0.3 is 4.42 Å². The van der Waals surface area contributed by atoms with E-state index in [1.54, 1.807) is 12.3 Å². The molecule has 140 valence electrons. The number of furan rings is 1. The number of aryl methyl sites for hydroxylation is 1. The molecule has 2 saturated heterocycles. The number of hydrogen-bond acceptors (Lipinski definition) is 6. The maximum Gasteiger partial charge on any atom is 0.290 e. The molecule has 1 aromatic heterocycles. The minimum Gasteiger partial charge on any atom is -0.464 e. The molecule has 4 rings (SSSR count). The number of likely N-dealkylation sites (tertiary alicyclic amines) is 1. The number of piperidine rings is 1. The van der Waals surface area contributed by atoms with Crippen LogP contribution < -0.4 is 5.32 Å². The van der Waals surface area contributed by atoms with Crippen molar-refractivity contribution in [2.45, 2.75) is 25.7 Å². The molecule has 0 bridgehead atoms. The molecule has 2 amide bonds. The van der Waals surface area contributed by atoms with Crippen LogP contribution in [0.25, 0.3) is 17.0 Å². The molecule has 0 spiro atoms. The van der Waals surface area contributed by atoms with Crippen LogP contribution in [0.4, 0.5) is 4.79 Å². The van der Waals surface area contributed by atoms with E-state index in [0.717, 1.165) is 66.2 Å². The number of hydrogen-bond donors (Lipinski definition) is 1. The van der Waals surface area contributed by atoms with Crippen molar-refractivity contribution in [2.24, 2.45) is 0 Å². The molecule has 2 aliphatic rings. The minimum absolute atomic E-state index is 0.333. The average molecular weight is 384 g/mol. The third-order valence-corrected chi connectivity index (χ3v) is 5.68. The zero-order valence-corrected chi connectivity index (χ0v) is 15.6. The van der Waals surface area contributed by atoms with Crippen molar-refractivity contribution < 1.29 is 18.8 Å². The molecule has 27 heavy (non-hydrogen) atoms. The van der Waals surface area contributed by atoms with Crippen molar-refractivity contribution >= 4 is 45.7 Å². The van der Waals surface area contributed by atoms with Crippen LogP contribution in [0.2, 0.25) is 0 Å². The van der Waals surface area contributed by atoms with Gasteiger partial charge in [0.05, 0.1) is 17.7 Å². The summed E-state index contributed by atoms with van der Waals surface area (Å²) in [7, 11) is 0. The predicted molar refractivity (Wildman–Crippen MR) is 104 cm³/mol. The number of carbonyl (C=O) groups excluding carboxylic acids is 3. The largest absolute Gasteiger partial charge is 0.464 e. The maximum atomic E-state index is 11.7. The van der Waals surface area contributed by atoms with Crippen LogP contribution in [-0.4, -0.2) is 41.5 Å². The number of rotatable bonds is 5. The summed E-state index contributed by atoms with van der Waals surface area (Å²) in [6.45, 7) is 2.47. The van der Waals surface area contributed by atoms with Gasteiger partial charge in [-0.15, -0.1) is 0 Å². The Morgan fingerprint density at radius 3 is 2.93 bits per heavy atom. The zero-order valence-electron chi connectivity index (χ0n) is 14.8. The summed E-state index contributed by atoms with van der Waals surface area (Å²) >= 11 is 0.915. The highest BCUT2D eigenvalue weighted by atomic mass is 32.2. The third kappa shape index (κ3) is 4.14. The standard InChI is InChI=1S/C20H20N2O4S/c23-15-4-2-8-22(11-15)7-1-3-14-12-26-17-6-5-13(9-16(14)17)10-18-19(24)21-20(25)27-18/h5-6,9-10,12H,1-4,7-8,11H2,(H,21,24,25). The van der Waals surface area contributed by atoms with Gasteiger partial charge in [0.2, 0.25) is 0 Å². The first-order chi connectivity index (χ1) is 13.1. The van der Waals surface area contributed by atoms with Gasteiger partial charge >= 0.3 is 0 Å². The summed E-state index contributed by atoms with van der Waals surface area (Å²) < 4.78 is 5.64. The topological polar surface area (TPSA) is 79.6 Å². The number of nitrogens with one attached hydrogen (secondary N) is 1. The van der Waals surface area contributed by atoms with Crippen molar-refractivity contribution in [2.75, 3.05) is 19.6 Å². The van der Waals surface area contributed by atoms with E-state index in [2.05, 4.69) is 10.2 Å². The minimum atomic E-state index is -0.353. The number of imide groups is 1. The van der Waals surface area contributed by atoms with Crippen molar-refractivity contribution in [1.29, 1.82) is 0 Å². The lowest BCUT2D eigenvalue weighted by Gasteiger charge is -2.25. The molecule has 6 nitrogen and oxygen atoms in total. The molecule has 2 fully saturated rings. The van der Waals surface area contributed by atoms with Crippen molar-refractivity contribution in [3.05, 3.63) is 40.5 Å². The molecule has 0 aliphatic carbocycles. The number of ketones is 1. The Kier molecular flexibility index (Phi) is 5.13. The van der Waals surface area contributed by atoms with Crippen LogP contribution in [0, 0.1) is 0 Å². The van der Waals surface area contributed by atoms with Crippen LogP contribution >= 0.6 is 11.8 Å².